The van der Waals surface area contributed by atoms with Crippen LogP contribution in [-0.4, -0.2) is 12.6 Å². The fourth-order valence-corrected chi connectivity index (χ4v) is 2.42. The summed E-state index contributed by atoms with van der Waals surface area (Å²) in [5.41, 5.74) is 3.45. The van der Waals surface area contributed by atoms with E-state index >= 15 is 0 Å². The van der Waals surface area contributed by atoms with Gasteiger partial charge in [-0.2, -0.15) is 0 Å². The third-order valence-corrected chi connectivity index (χ3v) is 3.16. The second-order valence-electron chi connectivity index (χ2n) is 4.24. The van der Waals surface area contributed by atoms with Crippen LogP contribution in [0, 0.1) is 6.92 Å². The van der Waals surface area contributed by atoms with Crippen LogP contribution < -0.4 is 0 Å². The highest BCUT2D eigenvalue weighted by atomic mass is 35.5. The summed E-state index contributed by atoms with van der Waals surface area (Å²) >= 11 is 6.31. The summed E-state index contributed by atoms with van der Waals surface area (Å²) < 4.78 is 4.99. The molecule has 0 aliphatic rings. The minimum absolute atomic E-state index is 0.341. The van der Waals surface area contributed by atoms with Crippen molar-refractivity contribution in [1.82, 2.24) is 0 Å². The largest absolute Gasteiger partial charge is 0.462 e. The fraction of sp³-hybridized carbons (Fsp3) is 0.188. The van der Waals surface area contributed by atoms with E-state index in [1.807, 2.05) is 43.3 Å². The lowest BCUT2D eigenvalue weighted by Gasteiger charge is -2.11. The average Bonchev–Trinajstić information content (AvgIpc) is 2.39. The van der Waals surface area contributed by atoms with E-state index in [1.165, 1.54) is 0 Å². The number of halogens is 1. The van der Waals surface area contributed by atoms with Crippen molar-refractivity contribution in [3.05, 3.63) is 58.6 Å². The van der Waals surface area contributed by atoms with E-state index in [0.717, 1.165) is 16.7 Å². The summed E-state index contributed by atoms with van der Waals surface area (Å²) in [6.07, 6.45) is 0. The summed E-state index contributed by atoms with van der Waals surface area (Å²) in [6.45, 7) is 4.08. The molecule has 0 fully saturated rings. The molecule has 0 aliphatic carbocycles. The molecule has 0 aliphatic heterocycles. The minimum atomic E-state index is -0.341. The first-order valence-corrected chi connectivity index (χ1v) is 6.54. The Morgan fingerprint density at radius 3 is 2.47 bits per heavy atom. The van der Waals surface area contributed by atoms with E-state index in [1.54, 1.807) is 13.0 Å². The van der Waals surface area contributed by atoms with Gasteiger partial charge in [0.15, 0.2) is 0 Å². The van der Waals surface area contributed by atoms with E-state index in [0.29, 0.717) is 17.2 Å². The standard InChI is InChI=1S/C16H15ClO2/c1-3-19-16(18)13-9-11(2)15(14(17)10-13)12-7-5-4-6-8-12/h4-10H,3H2,1-2H3. The monoisotopic (exact) mass is 274 g/mol. The average molecular weight is 275 g/mol. The smallest absolute Gasteiger partial charge is 0.338 e. The van der Waals surface area contributed by atoms with Gasteiger partial charge in [-0.1, -0.05) is 41.9 Å². The van der Waals surface area contributed by atoms with Crippen molar-refractivity contribution in [2.24, 2.45) is 0 Å². The Kier molecular flexibility index (Phi) is 4.23. The van der Waals surface area contributed by atoms with E-state index in [2.05, 4.69) is 0 Å². The third-order valence-electron chi connectivity index (χ3n) is 2.86. The summed E-state index contributed by atoms with van der Waals surface area (Å²) in [7, 11) is 0. The molecule has 2 aromatic carbocycles. The Labute approximate surface area is 118 Å². The summed E-state index contributed by atoms with van der Waals surface area (Å²) in [4.78, 5) is 11.7. The van der Waals surface area contributed by atoms with Crippen molar-refractivity contribution in [1.29, 1.82) is 0 Å². The molecule has 2 aromatic rings. The van der Waals surface area contributed by atoms with Crippen molar-refractivity contribution in [3.63, 3.8) is 0 Å². The highest BCUT2D eigenvalue weighted by Crippen LogP contribution is 2.32. The number of ether oxygens (including phenoxy) is 1. The lowest BCUT2D eigenvalue weighted by Crippen LogP contribution is -2.05. The molecule has 0 heterocycles. The van der Waals surface area contributed by atoms with Crippen LogP contribution in [0.3, 0.4) is 0 Å². The SMILES string of the molecule is CCOC(=O)c1cc(C)c(-c2ccccc2)c(Cl)c1. The lowest BCUT2D eigenvalue weighted by atomic mass is 9.98. The molecule has 2 rings (SSSR count). The second-order valence-corrected chi connectivity index (χ2v) is 4.64. The maximum Gasteiger partial charge on any atom is 0.338 e. The van der Waals surface area contributed by atoms with E-state index < -0.39 is 0 Å². The first kappa shape index (κ1) is 13.6. The van der Waals surface area contributed by atoms with Crippen LogP contribution in [0.1, 0.15) is 22.8 Å². The van der Waals surface area contributed by atoms with Gasteiger partial charge in [0.2, 0.25) is 0 Å². The van der Waals surface area contributed by atoms with Crippen molar-refractivity contribution in [2.75, 3.05) is 6.61 Å². The topological polar surface area (TPSA) is 26.3 Å². The van der Waals surface area contributed by atoms with Crippen LogP contribution in [-0.2, 0) is 4.74 Å². The second kappa shape index (κ2) is 5.89. The molecule has 0 atom stereocenters. The molecular formula is C16H15ClO2. The predicted molar refractivity (Wildman–Crippen MR) is 77.6 cm³/mol. The maximum absolute atomic E-state index is 11.7. The molecule has 3 heteroatoms. The quantitative estimate of drug-likeness (QED) is 0.771. The molecule has 0 amide bonds. The Morgan fingerprint density at radius 2 is 1.89 bits per heavy atom. The van der Waals surface area contributed by atoms with Gasteiger partial charge in [0.05, 0.1) is 12.2 Å². The molecule has 2 nitrogen and oxygen atoms in total. The number of hydrogen-bond acceptors (Lipinski definition) is 2. The molecule has 98 valence electrons. The summed E-state index contributed by atoms with van der Waals surface area (Å²) in [5.74, 6) is -0.341. The predicted octanol–water partition coefficient (Wildman–Crippen LogP) is 4.49. The molecule has 0 aromatic heterocycles. The molecule has 0 saturated heterocycles. The van der Waals surface area contributed by atoms with Crippen LogP contribution >= 0.6 is 11.6 Å². The lowest BCUT2D eigenvalue weighted by molar-refractivity contribution is 0.0526. The van der Waals surface area contributed by atoms with Crippen molar-refractivity contribution in [3.8, 4) is 11.1 Å². The molecule has 19 heavy (non-hydrogen) atoms. The molecule has 0 radical (unpaired) electrons. The van der Waals surface area contributed by atoms with E-state index in [4.69, 9.17) is 16.3 Å². The van der Waals surface area contributed by atoms with Gasteiger partial charge < -0.3 is 4.74 Å². The Hall–Kier alpha value is -1.80. The minimum Gasteiger partial charge on any atom is -0.462 e. The highest BCUT2D eigenvalue weighted by molar-refractivity contribution is 6.33. The number of carbonyl (C=O) groups excluding carboxylic acids is 1. The fourth-order valence-electron chi connectivity index (χ4n) is 2.05. The van der Waals surface area contributed by atoms with Gasteiger partial charge in [0.1, 0.15) is 0 Å². The first-order chi connectivity index (χ1) is 9.13. The number of aryl methyl sites for hydroxylation is 1. The molecule has 0 bridgehead atoms. The molecular weight excluding hydrogens is 260 g/mol. The van der Waals surface area contributed by atoms with Gasteiger partial charge in [0, 0.05) is 10.6 Å². The normalized spacial score (nSPS) is 10.3. The summed E-state index contributed by atoms with van der Waals surface area (Å²) in [5, 5.41) is 0.564. The number of carbonyl (C=O) groups is 1. The van der Waals surface area contributed by atoms with Gasteiger partial charge in [-0.3, -0.25) is 0 Å². The molecule has 0 unspecified atom stereocenters. The zero-order valence-electron chi connectivity index (χ0n) is 10.9. The zero-order chi connectivity index (χ0) is 13.8. The summed E-state index contributed by atoms with van der Waals surface area (Å²) in [6, 6.07) is 13.4. The van der Waals surface area contributed by atoms with Crippen LogP contribution in [0.25, 0.3) is 11.1 Å². The van der Waals surface area contributed by atoms with Crippen molar-refractivity contribution >= 4 is 17.6 Å². The number of rotatable bonds is 3. The van der Waals surface area contributed by atoms with Crippen LogP contribution in [0.5, 0.6) is 0 Å². The van der Waals surface area contributed by atoms with E-state index in [9.17, 15) is 4.79 Å². The van der Waals surface area contributed by atoms with Gasteiger partial charge in [0.25, 0.3) is 0 Å². The van der Waals surface area contributed by atoms with E-state index in [-0.39, 0.29) is 5.97 Å². The zero-order valence-corrected chi connectivity index (χ0v) is 11.7. The Balaban J connectivity index is 2.47. The van der Waals surface area contributed by atoms with Crippen LogP contribution in [0.15, 0.2) is 42.5 Å². The van der Waals surface area contributed by atoms with Gasteiger partial charge in [-0.15, -0.1) is 0 Å². The van der Waals surface area contributed by atoms with Crippen molar-refractivity contribution < 1.29 is 9.53 Å². The number of hydrogen-bond donors (Lipinski definition) is 0. The molecule has 0 N–H and O–H groups in total. The third kappa shape index (κ3) is 2.96. The first-order valence-electron chi connectivity index (χ1n) is 6.16. The van der Waals surface area contributed by atoms with Crippen molar-refractivity contribution in [2.45, 2.75) is 13.8 Å². The highest BCUT2D eigenvalue weighted by Gasteiger charge is 2.13. The Morgan fingerprint density at radius 1 is 1.21 bits per heavy atom. The molecule has 0 saturated carbocycles. The van der Waals surface area contributed by atoms with Gasteiger partial charge in [-0.25, -0.2) is 4.79 Å². The van der Waals surface area contributed by atoms with Gasteiger partial charge in [-0.05, 0) is 37.1 Å². The molecule has 0 spiro atoms. The van der Waals surface area contributed by atoms with Gasteiger partial charge >= 0.3 is 5.97 Å². The maximum atomic E-state index is 11.7. The number of esters is 1. The Bertz CT molecular complexity index is 568. The van der Waals surface area contributed by atoms with Crippen LogP contribution in [0.2, 0.25) is 5.02 Å². The van der Waals surface area contributed by atoms with Crippen LogP contribution in [0.4, 0.5) is 0 Å². The number of benzene rings is 2.